The fraction of sp³-hybridized carbons (Fsp3) is 0.423. The first-order valence-corrected chi connectivity index (χ1v) is 11.9. The number of hydrogen-bond donors (Lipinski definition) is 2. The van der Waals surface area contributed by atoms with Crippen LogP contribution in [-0.2, 0) is 0 Å². The number of fused-ring (bicyclic) bond motifs is 1. The van der Waals surface area contributed by atoms with Crippen LogP contribution in [0.15, 0.2) is 41.2 Å². The molecule has 3 aromatic rings. The Bertz CT molecular complexity index is 1280. The highest BCUT2D eigenvalue weighted by Crippen LogP contribution is 2.32. The number of anilines is 1. The average molecular weight is 464 g/mol. The quantitative estimate of drug-likeness (QED) is 0.621. The van der Waals surface area contributed by atoms with Crippen LogP contribution in [0.3, 0.4) is 0 Å². The van der Waals surface area contributed by atoms with E-state index in [0.29, 0.717) is 17.1 Å². The largest absolute Gasteiger partial charge is 0.370 e. The van der Waals surface area contributed by atoms with E-state index in [4.69, 9.17) is 0 Å². The lowest BCUT2D eigenvalue weighted by atomic mass is 10.0. The minimum absolute atomic E-state index is 0.170. The molecule has 2 N–H and O–H groups in total. The smallest absolute Gasteiger partial charge is 0.269 e. The minimum Gasteiger partial charge on any atom is -0.370 e. The first kappa shape index (κ1) is 22.5. The van der Waals surface area contributed by atoms with Gasteiger partial charge in [-0.05, 0) is 68.4 Å². The number of nitrogens with zero attached hydrogens (tertiary/aromatic N) is 3. The molecule has 2 fully saturated rings. The number of likely N-dealkylation sites (tertiary alicyclic amines) is 1. The molecule has 2 aromatic heterocycles. The van der Waals surface area contributed by atoms with Crippen LogP contribution in [0.1, 0.15) is 47.1 Å². The van der Waals surface area contributed by atoms with Gasteiger partial charge in [0.1, 0.15) is 11.5 Å². The summed E-state index contributed by atoms with van der Waals surface area (Å²) in [7, 11) is 1.61. The average Bonchev–Trinajstić information content (AvgIpc) is 3.34. The van der Waals surface area contributed by atoms with Gasteiger partial charge in [-0.3, -0.25) is 14.5 Å². The highest BCUT2D eigenvalue weighted by Gasteiger charge is 2.32. The van der Waals surface area contributed by atoms with Crippen molar-refractivity contribution in [2.45, 2.75) is 38.1 Å². The molecule has 0 spiro atoms. The minimum atomic E-state index is -0.391. The van der Waals surface area contributed by atoms with Gasteiger partial charge < -0.3 is 15.2 Å². The molecule has 2 saturated heterocycles. The molecule has 0 aliphatic carbocycles. The number of aryl methyl sites for hydroxylation is 1. The summed E-state index contributed by atoms with van der Waals surface area (Å²) in [6.45, 7) is 5.80. The molecule has 0 saturated carbocycles. The summed E-state index contributed by atoms with van der Waals surface area (Å²) in [6.07, 6.45) is 3.14. The molecular formula is C26H30FN5O2. The lowest BCUT2D eigenvalue weighted by Gasteiger charge is -2.38. The van der Waals surface area contributed by atoms with Crippen molar-refractivity contribution in [2.24, 2.45) is 0 Å². The summed E-state index contributed by atoms with van der Waals surface area (Å²) in [5.41, 5.74) is 3.14. The number of hydrogen-bond acceptors (Lipinski definition) is 5. The molecule has 34 heavy (non-hydrogen) atoms. The fourth-order valence-electron chi connectivity index (χ4n) is 5.46. The van der Waals surface area contributed by atoms with Gasteiger partial charge in [0.15, 0.2) is 0 Å². The Morgan fingerprint density at radius 3 is 2.65 bits per heavy atom. The van der Waals surface area contributed by atoms with Crippen LogP contribution in [-0.4, -0.2) is 60.0 Å². The van der Waals surface area contributed by atoms with Gasteiger partial charge in [0.25, 0.3) is 11.5 Å². The van der Waals surface area contributed by atoms with Crippen molar-refractivity contribution in [3.63, 3.8) is 0 Å². The molecule has 0 radical (unpaired) electrons. The second-order valence-corrected chi connectivity index (χ2v) is 9.36. The molecule has 4 heterocycles. The predicted molar refractivity (Wildman–Crippen MR) is 131 cm³/mol. The Morgan fingerprint density at radius 2 is 1.91 bits per heavy atom. The van der Waals surface area contributed by atoms with Crippen molar-refractivity contribution in [3.8, 4) is 0 Å². The summed E-state index contributed by atoms with van der Waals surface area (Å²) < 4.78 is 13.5. The Kier molecular flexibility index (Phi) is 6.08. The van der Waals surface area contributed by atoms with Crippen molar-refractivity contribution in [3.05, 3.63) is 69.7 Å². The van der Waals surface area contributed by atoms with E-state index in [0.717, 1.165) is 67.9 Å². The van der Waals surface area contributed by atoms with Gasteiger partial charge in [-0.15, -0.1) is 0 Å². The molecule has 0 bridgehead atoms. The van der Waals surface area contributed by atoms with E-state index in [1.807, 2.05) is 19.1 Å². The molecule has 1 unspecified atom stereocenters. The summed E-state index contributed by atoms with van der Waals surface area (Å²) >= 11 is 0. The second-order valence-electron chi connectivity index (χ2n) is 9.36. The lowest BCUT2D eigenvalue weighted by molar-refractivity contribution is 0.0958. The van der Waals surface area contributed by atoms with Crippen molar-refractivity contribution in [2.75, 3.05) is 38.1 Å². The van der Waals surface area contributed by atoms with Crippen LogP contribution < -0.4 is 15.8 Å². The summed E-state index contributed by atoms with van der Waals surface area (Å²) in [5, 5.41) is 3.81. The highest BCUT2D eigenvalue weighted by molar-refractivity contribution is 5.92. The van der Waals surface area contributed by atoms with Crippen LogP contribution in [0.2, 0.25) is 0 Å². The molecule has 1 aromatic carbocycles. The normalized spacial score (nSPS) is 19.6. The molecular weight excluding hydrogens is 433 g/mol. The molecule has 1 amide bonds. The Morgan fingerprint density at radius 1 is 1.12 bits per heavy atom. The number of amides is 1. The van der Waals surface area contributed by atoms with Gasteiger partial charge in [-0.2, -0.15) is 0 Å². The third kappa shape index (κ3) is 4.30. The van der Waals surface area contributed by atoms with E-state index in [2.05, 4.69) is 25.1 Å². The van der Waals surface area contributed by atoms with Crippen LogP contribution in [0.5, 0.6) is 0 Å². The highest BCUT2D eigenvalue weighted by atomic mass is 19.1. The standard InChI is InChI=1S/C26H30FN5O2/c1-16-24(6-5-22(29-16)26(34)28-2)31-11-8-20(9-12-31)32-10-7-18(15-32)23-13-17-3-4-19(27)14-21(17)25(33)30-23/h3-6,13-14,18,20H,7-12,15H2,1-2H3,(H,28,34)(H,30,33). The molecule has 1 atom stereocenters. The number of carbonyl (C=O) groups excluding carboxylic acids is 1. The van der Waals surface area contributed by atoms with E-state index in [9.17, 15) is 14.0 Å². The Hall–Kier alpha value is -3.26. The van der Waals surface area contributed by atoms with Crippen molar-refractivity contribution >= 4 is 22.4 Å². The predicted octanol–water partition coefficient (Wildman–Crippen LogP) is 3.19. The number of piperidine rings is 1. The van der Waals surface area contributed by atoms with Gasteiger partial charge in [-0.25, -0.2) is 9.37 Å². The van der Waals surface area contributed by atoms with Gasteiger partial charge in [-0.1, -0.05) is 6.07 Å². The van der Waals surface area contributed by atoms with Crippen LogP contribution in [0, 0.1) is 12.7 Å². The van der Waals surface area contributed by atoms with E-state index < -0.39 is 5.82 Å². The lowest BCUT2D eigenvalue weighted by Crippen LogP contribution is -2.44. The van der Waals surface area contributed by atoms with Crippen molar-refractivity contribution < 1.29 is 9.18 Å². The zero-order chi connectivity index (χ0) is 23.8. The fourth-order valence-corrected chi connectivity index (χ4v) is 5.46. The third-order valence-electron chi connectivity index (χ3n) is 7.33. The van der Waals surface area contributed by atoms with Gasteiger partial charge in [0.2, 0.25) is 0 Å². The van der Waals surface area contributed by atoms with Gasteiger partial charge in [0, 0.05) is 49.7 Å². The summed E-state index contributed by atoms with van der Waals surface area (Å²) in [4.78, 5) is 36.7. The number of aromatic amines is 1. The van der Waals surface area contributed by atoms with E-state index in [1.54, 1.807) is 19.2 Å². The van der Waals surface area contributed by atoms with E-state index in [1.165, 1.54) is 12.1 Å². The maximum Gasteiger partial charge on any atom is 0.269 e. The maximum absolute atomic E-state index is 13.5. The van der Waals surface area contributed by atoms with Crippen molar-refractivity contribution in [1.82, 2.24) is 20.2 Å². The summed E-state index contributed by atoms with van der Waals surface area (Å²) in [5.74, 6) is -0.279. The number of halogens is 1. The van der Waals surface area contributed by atoms with Gasteiger partial charge in [0.05, 0.1) is 11.4 Å². The van der Waals surface area contributed by atoms with Crippen LogP contribution in [0.4, 0.5) is 10.1 Å². The molecule has 5 rings (SSSR count). The number of H-pyrrole nitrogens is 1. The first-order valence-electron chi connectivity index (χ1n) is 11.9. The number of aromatic nitrogens is 2. The third-order valence-corrected chi connectivity index (χ3v) is 7.33. The summed E-state index contributed by atoms with van der Waals surface area (Å²) in [6, 6.07) is 10.7. The van der Waals surface area contributed by atoms with Crippen molar-refractivity contribution in [1.29, 1.82) is 0 Å². The molecule has 7 nitrogen and oxygen atoms in total. The SMILES string of the molecule is CNC(=O)c1ccc(N2CCC(N3CCC(c4cc5ccc(F)cc5c(=O)[nH]4)C3)CC2)c(C)n1. The Balaban J connectivity index is 1.22. The van der Waals surface area contributed by atoms with Crippen LogP contribution >= 0.6 is 0 Å². The number of nitrogens with one attached hydrogen (secondary N) is 2. The zero-order valence-electron chi connectivity index (χ0n) is 19.6. The number of pyridine rings is 2. The maximum atomic E-state index is 13.5. The van der Waals surface area contributed by atoms with E-state index in [-0.39, 0.29) is 17.4 Å². The zero-order valence-corrected chi connectivity index (χ0v) is 19.6. The number of benzene rings is 1. The first-order chi connectivity index (χ1) is 16.4. The monoisotopic (exact) mass is 463 g/mol. The number of rotatable bonds is 4. The van der Waals surface area contributed by atoms with E-state index >= 15 is 0 Å². The Labute approximate surface area is 198 Å². The van der Waals surface area contributed by atoms with Crippen LogP contribution in [0.25, 0.3) is 10.8 Å². The molecule has 2 aliphatic rings. The molecule has 2 aliphatic heterocycles. The molecule has 8 heteroatoms. The molecule has 178 valence electrons. The second kappa shape index (κ2) is 9.18. The number of carbonyl (C=O) groups is 1. The van der Waals surface area contributed by atoms with Gasteiger partial charge >= 0.3 is 0 Å². The topological polar surface area (TPSA) is 81.3 Å².